The van der Waals surface area contributed by atoms with Crippen LogP contribution in [-0.2, 0) is 24.3 Å². The zero-order valence-corrected chi connectivity index (χ0v) is 13.8. The number of carboxylic acids is 1. The monoisotopic (exact) mass is 359 g/mol. The summed E-state index contributed by atoms with van der Waals surface area (Å²) in [4.78, 5) is 24.9. The number of nitrogens with zero attached hydrogens (tertiary/aromatic N) is 4. The van der Waals surface area contributed by atoms with Gasteiger partial charge in [0, 0.05) is 18.5 Å². The summed E-state index contributed by atoms with van der Waals surface area (Å²) in [6.45, 7) is 0.656. The molecule has 1 unspecified atom stereocenters. The minimum absolute atomic E-state index is 0.229. The van der Waals surface area contributed by atoms with Gasteiger partial charge >= 0.3 is 5.97 Å². The summed E-state index contributed by atoms with van der Waals surface area (Å²) in [5.74, 6) is -0.185. The third-order valence-corrected chi connectivity index (χ3v) is 4.53. The summed E-state index contributed by atoms with van der Waals surface area (Å²) in [6.07, 6.45) is 1.91. The summed E-state index contributed by atoms with van der Waals surface area (Å²) in [7, 11) is 0. The van der Waals surface area contributed by atoms with E-state index in [0.717, 1.165) is 11.4 Å². The highest BCUT2D eigenvalue weighted by atomic mass is 35.5. The zero-order valence-electron chi connectivity index (χ0n) is 13.0. The fourth-order valence-electron chi connectivity index (χ4n) is 2.94. The second-order valence-corrected chi connectivity index (χ2v) is 6.19. The summed E-state index contributed by atoms with van der Waals surface area (Å²) in [6, 6.07) is 6.51. The van der Waals surface area contributed by atoms with E-state index in [-0.39, 0.29) is 6.54 Å². The molecule has 9 heteroatoms. The maximum Gasteiger partial charge on any atom is 0.321 e. The van der Waals surface area contributed by atoms with Crippen LogP contribution >= 0.6 is 11.6 Å². The number of hydrogen-bond acceptors (Lipinski definition) is 6. The van der Waals surface area contributed by atoms with E-state index in [1.165, 1.54) is 0 Å². The van der Waals surface area contributed by atoms with Crippen LogP contribution in [0.1, 0.15) is 17.3 Å². The molecular weight excluding hydrogens is 346 g/mol. The van der Waals surface area contributed by atoms with Gasteiger partial charge in [0.25, 0.3) is 0 Å². The van der Waals surface area contributed by atoms with Crippen molar-refractivity contribution in [3.05, 3.63) is 52.9 Å². The van der Waals surface area contributed by atoms with E-state index >= 15 is 0 Å². The summed E-state index contributed by atoms with van der Waals surface area (Å²) in [5, 5.41) is 14.0. The van der Waals surface area contributed by atoms with Crippen LogP contribution in [0.5, 0.6) is 0 Å². The molecule has 0 bridgehead atoms. The van der Waals surface area contributed by atoms with Gasteiger partial charge in [-0.1, -0.05) is 28.9 Å². The predicted octanol–water partition coefficient (Wildman–Crippen LogP) is 2.12. The number of aliphatic carboxylic acids is 1. The van der Waals surface area contributed by atoms with Crippen molar-refractivity contribution in [2.75, 3.05) is 0 Å². The topological polar surface area (TPSA) is 108 Å². The molecule has 3 heterocycles. The van der Waals surface area contributed by atoms with Gasteiger partial charge in [-0.25, -0.2) is 4.98 Å². The molecule has 2 aromatic heterocycles. The molecule has 0 spiro atoms. The lowest BCUT2D eigenvalue weighted by atomic mass is 10.0. The summed E-state index contributed by atoms with van der Waals surface area (Å²) in [5.41, 5.74) is 2.36. The molecule has 1 aliphatic rings. The van der Waals surface area contributed by atoms with Gasteiger partial charge in [0.1, 0.15) is 6.04 Å². The maximum atomic E-state index is 11.6. The molecule has 0 radical (unpaired) electrons. The third-order valence-electron chi connectivity index (χ3n) is 4.20. The van der Waals surface area contributed by atoms with Crippen LogP contribution in [0.15, 0.2) is 35.1 Å². The van der Waals surface area contributed by atoms with Crippen LogP contribution in [-0.4, -0.2) is 42.1 Å². The van der Waals surface area contributed by atoms with Gasteiger partial charge in [0.15, 0.2) is 0 Å². The number of hydrogen-bond donors (Lipinski definition) is 2. The van der Waals surface area contributed by atoms with Crippen molar-refractivity contribution < 1.29 is 14.4 Å². The quantitative estimate of drug-likeness (QED) is 0.734. The van der Waals surface area contributed by atoms with Crippen LogP contribution in [0.3, 0.4) is 0 Å². The molecule has 3 aromatic rings. The highest BCUT2D eigenvalue weighted by molar-refractivity contribution is 6.33. The van der Waals surface area contributed by atoms with Gasteiger partial charge in [-0.05, 0) is 12.1 Å². The molecule has 0 aliphatic carbocycles. The van der Waals surface area contributed by atoms with Crippen molar-refractivity contribution in [1.29, 1.82) is 0 Å². The fourth-order valence-corrected chi connectivity index (χ4v) is 3.16. The maximum absolute atomic E-state index is 11.6. The SMILES string of the molecule is O=C(O)C1Cc2nc[nH]c2CN1Cc1nc(-c2ccccc2Cl)no1. The van der Waals surface area contributed by atoms with Crippen LogP contribution in [0.4, 0.5) is 0 Å². The first-order chi connectivity index (χ1) is 12.1. The smallest absolute Gasteiger partial charge is 0.321 e. The molecule has 0 saturated heterocycles. The van der Waals surface area contributed by atoms with Crippen LogP contribution in [0.25, 0.3) is 11.4 Å². The van der Waals surface area contributed by atoms with E-state index in [4.69, 9.17) is 16.1 Å². The Morgan fingerprint density at radius 3 is 3.08 bits per heavy atom. The Morgan fingerprint density at radius 2 is 2.28 bits per heavy atom. The molecule has 1 aromatic carbocycles. The Labute approximate surface area is 147 Å². The highest BCUT2D eigenvalue weighted by Gasteiger charge is 2.34. The fraction of sp³-hybridized carbons (Fsp3) is 0.250. The van der Waals surface area contributed by atoms with E-state index in [1.54, 1.807) is 23.4 Å². The van der Waals surface area contributed by atoms with E-state index < -0.39 is 12.0 Å². The van der Waals surface area contributed by atoms with E-state index in [1.807, 2.05) is 12.1 Å². The van der Waals surface area contributed by atoms with Crippen molar-refractivity contribution in [3.63, 3.8) is 0 Å². The number of fused-ring (bicyclic) bond motifs is 1. The zero-order chi connectivity index (χ0) is 17.4. The first kappa shape index (κ1) is 15.8. The number of carboxylic acid groups (broad SMARTS) is 1. The van der Waals surface area contributed by atoms with Gasteiger partial charge in [-0.15, -0.1) is 0 Å². The van der Waals surface area contributed by atoms with Gasteiger partial charge in [-0.2, -0.15) is 4.98 Å². The van der Waals surface area contributed by atoms with Gasteiger partial charge < -0.3 is 14.6 Å². The number of aromatic nitrogens is 4. The average Bonchev–Trinajstić information content (AvgIpc) is 3.23. The number of nitrogens with one attached hydrogen (secondary N) is 1. The lowest BCUT2D eigenvalue weighted by Gasteiger charge is -2.30. The molecule has 0 amide bonds. The van der Waals surface area contributed by atoms with E-state index in [0.29, 0.717) is 35.3 Å². The standard InChI is InChI=1S/C16H14ClN5O3/c17-10-4-2-1-3-9(10)15-20-14(25-21-15)7-22-6-12-11(18-8-19-12)5-13(22)16(23)24/h1-4,8,13H,5-7H2,(H,18,19)(H,23,24). The number of imidazole rings is 1. The molecule has 25 heavy (non-hydrogen) atoms. The van der Waals surface area contributed by atoms with Crippen LogP contribution in [0.2, 0.25) is 5.02 Å². The summed E-state index contributed by atoms with van der Waals surface area (Å²) >= 11 is 6.15. The minimum atomic E-state index is -0.903. The first-order valence-corrected chi connectivity index (χ1v) is 8.05. The van der Waals surface area contributed by atoms with Gasteiger partial charge in [0.2, 0.25) is 11.7 Å². The molecule has 0 fully saturated rings. The lowest BCUT2D eigenvalue weighted by Crippen LogP contribution is -2.45. The second kappa shape index (κ2) is 6.30. The highest BCUT2D eigenvalue weighted by Crippen LogP contribution is 2.26. The molecular formula is C16H14ClN5O3. The van der Waals surface area contributed by atoms with Crippen LogP contribution in [0, 0.1) is 0 Å². The van der Waals surface area contributed by atoms with Gasteiger partial charge in [0.05, 0.1) is 29.3 Å². The Bertz CT molecular complexity index is 922. The predicted molar refractivity (Wildman–Crippen MR) is 87.7 cm³/mol. The summed E-state index contributed by atoms with van der Waals surface area (Å²) < 4.78 is 5.29. The third kappa shape index (κ3) is 3.01. The number of halogens is 1. The van der Waals surface area contributed by atoms with Crippen molar-refractivity contribution in [2.45, 2.75) is 25.6 Å². The molecule has 1 aliphatic heterocycles. The molecule has 2 N–H and O–H groups in total. The Kier molecular flexibility index (Phi) is 3.98. The molecule has 1 atom stereocenters. The lowest BCUT2D eigenvalue weighted by molar-refractivity contribution is -0.144. The number of benzene rings is 1. The molecule has 8 nitrogen and oxygen atoms in total. The molecule has 128 valence electrons. The first-order valence-electron chi connectivity index (χ1n) is 7.67. The Balaban J connectivity index is 1.57. The van der Waals surface area contributed by atoms with Crippen LogP contribution < -0.4 is 0 Å². The Morgan fingerprint density at radius 1 is 1.44 bits per heavy atom. The van der Waals surface area contributed by atoms with Crippen molar-refractivity contribution in [2.24, 2.45) is 0 Å². The Hall–Kier alpha value is -2.71. The normalized spacial score (nSPS) is 17.4. The van der Waals surface area contributed by atoms with E-state index in [2.05, 4.69) is 20.1 Å². The van der Waals surface area contributed by atoms with Gasteiger partial charge in [-0.3, -0.25) is 9.69 Å². The number of H-pyrrole nitrogens is 1. The largest absolute Gasteiger partial charge is 0.480 e. The van der Waals surface area contributed by atoms with Crippen molar-refractivity contribution >= 4 is 17.6 Å². The van der Waals surface area contributed by atoms with Crippen molar-refractivity contribution in [1.82, 2.24) is 25.0 Å². The number of aromatic amines is 1. The number of carbonyl (C=O) groups is 1. The molecule has 0 saturated carbocycles. The second-order valence-electron chi connectivity index (χ2n) is 5.78. The minimum Gasteiger partial charge on any atom is -0.480 e. The molecule has 4 rings (SSSR count). The average molecular weight is 360 g/mol. The van der Waals surface area contributed by atoms with E-state index in [9.17, 15) is 9.90 Å². The number of rotatable bonds is 4. The van der Waals surface area contributed by atoms with Crippen molar-refractivity contribution in [3.8, 4) is 11.4 Å².